The van der Waals surface area contributed by atoms with Crippen LogP contribution in [-0.4, -0.2) is 54.8 Å². The molecule has 1 aromatic heterocycles. The summed E-state index contributed by atoms with van der Waals surface area (Å²) in [7, 11) is 4.13. The summed E-state index contributed by atoms with van der Waals surface area (Å²) < 4.78 is 2.27. The second-order valence-electron chi connectivity index (χ2n) is 7.28. The molecule has 0 atom stereocenters. The quantitative estimate of drug-likeness (QED) is 0.491. The summed E-state index contributed by atoms with van der Waals surface area (Å²) >= 11 is 0. The molecule has 0 fully saturated rings. The number of nitrogens with zero attached hydrogens (tertiary/aromatic N) is 2. The van der Waals surface area contributed by atoms with E-state index in [1.54, 1.807) is 13.8 Å². The smallest absolute Gasteiger partial charge is 0.159 e. The summed E-state index contributed by atoms with van der Waals surface area (Å²) in [6, 6.07) is 11.7. The number of nitrogens with one attached hydrogen (secondary N) is 1. The molecule has 2 aromatic carbocycles. The van der Waals surface area contributed by atoms with Gasteiger partial charge in [-0.15, -0.1) is 0 Å². The zero-order valence-corrected chi connectivity index (χ0v) is 16.5. The molecule has 27 heavy (non-hydrogen) atoms. The highest BCUT2D eigenvalue weighted by Crippen LogP contribution is 2.31. The molecule has 3 rings (SSSR count). The maximum Gasteiger partial charge on any atom is 0.159 e. The molecule has 1 N–H and O–H groups in total. The molecular weight excluding hydrogens is 338 g/mol. The molecule has 0 aliphatic carbocycles. The topological polar surface area (TPSA) is 54.3 Å². The molecule has 142 valence electrons. The minimum atomic E-state index is 0.0471. The highest BCUT2D eigenvalue weighted by Gasteiger charge is 2.14. The fourth-order valence-corrected chi connectivity index (χ4v) is 3.40. The van der Waals surface area contributed by atoms with E-state index in [1.807, 2.05) is 36.4 Å². The number of carbonyl (C=O) groups is 2. The van der Waals surface area contributed by atoms with Crippen LogP contribution in [0.5, 0.6) is 0 Å². The van der Waals surface area contributed by atoms with Gasteiger partial charge in [-0.1, -0.05) is 0 Å². The van der Waals surface area contributed by atoms with Crippen LogP contribution in [0.25, 0.3) is 21.8 Å². The van der Waals surface area contributed by atoms with Crippen LogP contribution < -0.4 is 5.32 Å². The van der Waals surface area contributed by atoms with Crippen molar-refractivity contribution in [1.29, 1.82) is 0 Å². The van der Waals surface area contributed by atoms with Crippen LogP contribution in [-0.2, 0) is 6.54 Å². The minimum absolute atomic E-state index is 0.0471. The number of carbonyl (C=O) groups excluding carboxylic acids is 2. The summed E-state index contributed by atoms with van der Waals surface area (Å²) in [6.45, 7) is 6.78. The molecule has 0 saturated heterocycles. The molecule has 0 spiro atoms. The summed E-state index contributed by atoms with van der Waals surface area (Å²) in [5.74, 6) is 0.0942. The van der Waals surface area contributed by atoms with E-state index in [9.17, 15) is 9.59 Å². The number of ketones is 2. The molecule has 0 unspecified atom stereocenters. The van der Waals surface area contributed by atoms with Crippen molar-refractivity contribution in [2.75, 3.05) is 33.7 Å². The third-order valence-corrected chi connectivity index (χ3v) is 4.93. The normalized spacial score (nSPS) is 11.6. The van der Waals surface area contributed by atoms with Gasteiger partial charge in [0.2, 0.25) is 0 Å². The number of benzene rings is 2. The van der Waals surface area contributed by atoms with Gasteiger partial charge in [-0.2, -0.15) is 0 Å². The molecule has 0 bridgehead atoms. The van der Waals surface area contributed by atoms with E-state index in [2.05, 4.69) is 28.9 Å². The molecule has 3 aromatic rings. The number of Topliss-reactive ketones (excluding diaryl/α,β-unsaturated/α-hetero) is 2. The number of hydrogen-bond donors (Lipinski definition) is 1. The van der Waals surface area contributed by atoms with Crippen molar-refractivity contribution in [2.45, 2.75) is 20.4 Å². The Kier molecular flexibility index (Phi) is 5.73. The average Bonchev–Trinajstić information content (AvgIpc) is 2.93. The Morgan fingerprint density at radius 3 is 1.85 bits per heavy atom. The van der Waals surface area contributed by atoms with Gasteiger partial charge in [-0.3, -0.25) is 9.59 Å². The van der Waals surface area contributed by atoms with Crippen LogP contribution >= 0.6 is 0 Å². The van der Waals surface area contributed by atoms with Gasteiger partial charge in [0.1, 0.15) is 0 Å². The highest BCUT2D eigenvalue weighted by atomic mass is 16.1. The monoisotopic (exact) mass is 365 g/mol. The van der Waals surface area contributed by atoms with Crippen LogP contribution in [0, 0.1) is 0 Å². The van der Waals surface area contributed by atoms with Crippen molar-refractivity contribution >= 4 is 33.4 Å². The third-order valence-electron chi connectivity index (χ3n) is 4.93. The van der Waals surface area contributed by atoms with Crippen molar-refractivity contribution in [3.63, 3.8) is 0 Å². The lowest BCUT2D eigenvalue weighted by molar-refractivity contribution is 0.100. The van der Waals surface area contributed by atoms with Crippen molar-refractivity contribution in [3.05, 3.63) is 47.5 Å². The van der Waals surface area contributed by atoms with Gasteiger partial charge in [0.05, 0.1) is 0 Å². The van der Waals surface area contributed by atoms with Crippen LogP contribution in [0.2, 0.25) is 0 Å². The molecule has 0 amide bonds. The van der Waals surface area contributed by atoms with Gasteiger partial charge in [-0.25, -0.2) is 0 Å². The van der Waals surface area contributed by atoms with E-state index in [1.165, 1.54) is 0 Å². The lowest BCUT2D eigenvalue weighted by Crippen LogP contribution is -2.28. The summed E-state index contributed by atoms with van der Waals surface area (Å²) in [4.78, 5) is 25.8. The van der Waals surface area contributed by atoms with Crippen molar-refractivity contribution in [2.24, 2.45) is 0 Å². The third kappa shape index (κ3) is 4.10. The highest BCUT2D eigenvalue weighted by molar-refractivity contribution is 6.12. The Bertz CT molecular complexity index is 930. The summed E-state index contributed by atoms with van der Waals surface area (Å²) in [5.41, 5.74) is 3.56. The summed E-state index contributed by atoms with van der Waals surface area (Å²) in [5, 5.41) is 5.52. The zero-order valence-electron chi connectivity index (χ0n) is 16.5. The maximum absolute atomic E-state index is 11.8. The van der Waals surface area contributed by atoms with Gasteiger partial charge < -0.3 is 14.8 Å². The van der Waals surface area contributed by atoms with Gasteiger partial charge in [0, 0.05) is 59.1 Å². The predicted molar refractivity (Wildman–Crippen MR) is 111 cm³/mol. The number of fused-ring (bicyclic) bond motifs is 3. The fraction of sp³-hybridized carbons (Fsp3) is 0.364. The van der Waals surface area contributed by atoms with Gasteiger partial charge in [0.25, 0.3) is 0 Å². The minimum Gasteiger partial charge on any atom is -0.339 e. The Morgan fingerprint density at radius 1 is 0.889 bits per heavy atom. The second-order valence-corrected chi connectivity index (χ2v) is 7.28. The standard InChI is InChI=1S/C22H27N3O2/c1-15(26)17-5-7-21-19(13-17)20-14-18(16(2)27)6-8-22(20)25(21)12-10-23-9-11-24(3)4/h5-8,13-14,23H,9-12H2,1-4H3. The zero-order chi connectivity index (χ0) is 19.6. The molecule has 5 nitrogen and oxygen atoms in total. The summed E-state index contributed by atoms with van der Waals surface area (Å²) in [6.07, 6.45) is 0. The molecule has 5 heteroatoms. The van der Waals surface area contributed by atoms with E-state index in [0.717, 1.165) is 48.0 Å². The van der Waals surface area contributed by atoms with Crippen molar-refractivity contribution in [1.82, 2.24) is 14.8 Å². The van der Waals surface area contributed by atoms with Gasteiger partial charge in [0.15, 0.2) is 11.6 Å². The first-order valence-electron chi connectivity index (χ1n) is 9.32. The molecule has 0 aliphatic rings. The van der Waals surface area contributed by atoms with E-state index >= 15 is 0 Å². The number of rotatable bonds is 8. The molecular formula is C22H27N3O2. The largest absolute Gasteiger partial charge is 0.339 e. The molecule has 1 heterocycles. The average molecular weight is 365 g/mol. The predicted octanol–water partition coefficient (Wildman–Crippen LogP) is 3.35. The fourth-order valence-electron chi connectivity index (χ4n) is 3.40. The van der Waals surface area contributed by atoms with E-state index < -0.39 is 0 Å². The lowest BCUT2D eigenvalue weighted by atomic mass is 10.0. The van der Waals surface area contributed by atoms with Crippen molar-refractivity contribution in [3.8, 4) is 0 Å². The van der Waals surface area contributed by atoms with Crippen LogP contribution in [0.15, 0.2) is 36.4 Å². The maximum atomic E-state index is 11.8. The van der Waals surface area contributed by atoms with Crippen LogP contribution in [0.4, 0.5) is 0 Å². The first-order valence-corrected chi connectivity index (χ1v) is 9.32. The van der Waals surface area contributed by atoms with Crippen LogP contribution in [0.3, 0.4) is 0 Å². The molecule has 0 saturated carbocycles. The van der Waals surface area contributed by atoms with Gasteiger partial charge >= 0.3 is 0 Å². The van der Waals surface area contributed by atoms with Crippen LogP contribution in [0.1, 0.15) is 34.6 Å². The second kappa shape index (κ2) is 8.03. The van der Waals surface area contributed by atoms with E-state index in [-0.39, 0.29) is 11.6 Å². The first kappa shape index (κ1) is 19.3. The number of likely N-dealkylation sites (N-methyl/N-ethyl adjacent to an activating group) is 1. The van der Waals surface area contributed by atoms with E-state index in [0.29, 0.717) is 11.1 Å². The van der Waals surface area contributed by atoms with Gasteiger partial charge in [-0.05, 0) is 64.3 Å². The lowest BCUT2D eigenvalue weighted by Gasteiger charge is -2.12. The number of hydrogen-bond acceptors (Lipinski definition) is 4. The molecule has 0 aliphatic heterocycles. The Labute approximate surface area is 159 Å². The molecule has 0 radical (unpaired) electrons. The number of aromatic nitrogens is 1. The first-order chi connectivity index (χ1) is 12.9. The van der Waals surface area contributed by atoms with Crippen molar-refractivity contribution < 1.29 is 9.59 Å². The Morgan fingerprint density at radius 2 is 1.41 bits per heavy atom. The Hall–Kier alpha value is -2.50. The Balaban J connectivity index is 2.02. The van der Waals surface area contributed by atoms with E-state index in [4.69, 9.17) is 0 Å². The SMILES string of the molecule is CC(=O)c1ccc2c(c1)c1cc(C(C)=O)ccc1n2CCNCCN(C)C.